The molecule has 3 N–H and O–H groups in total. The van der Waals surface area contributed by atoms with Crippen molar-refractivity contribution in [3.8, 4) is 5.75 Å². The van der Waals surface area contributed by atoms with Crippen LogP contribution >= 0.6 is 23.2 Å². The van der Waals surface area contributed by atoms with Crippen LogP contribution in [0, 0.1) is 18.6 Å². The molecule has 12 heteroatoms. The highest BCUT2D eigenvalue weighted by atomic mass is 35.5. The molecule has 0 fully saturated rings. The number of aromatic amines is 1. The van der Waals surface area contributed by atoms with Gasteiger partial charge in [0.2, 0.25) is 5.28 Å². The summed E-state index contributed by atoms with van der Waals surface area (Å²) in [6.07, 6.45) is -0.150. The average Bonchev–Trinajstić information content (AvgIpc) is 3.01. The van der Waals surface area contributed by atoms with E-state index in [1.165, 1.54) is 6.07 Å². The van der Waals surface area contributed by atoms with Crippen LogP contribution in [0.4, 0.5) is 19.4 Å². The molecule has 0 saturated heterocycles. The van der Waals surface area contributed by atoms with Gasteiger partial charge < -0.3 is 25.1 Å². The molecule has 34 heavy (non-hydrogen) atoms. The zero-order chi connectivity index (χ0) is 25.0. The fraction of sp³-hybridized carbons (Fsp3) is 0.409. The molecule has 0 radical (unpaired) electrons. The molecule has 1 amide bonds. The van der Waals surface area contributed by atoms with E-state index in [1.807, 2.05) is 0 Å². The van der Waals surface area contributed by atoms with E-state index in [0.29, 0.717) is 18.4 Å². The Kier molecular flexibility index (Phi) is 8.04. The number of aryl methyl sites for hydroxylation is 1. The van der Waals surface area contributed by atoms with Gasteiger partial charge in [0.05, 0.1) is 12.1 Å². The number of H-pyrrole nitrogens is 1. The van der Waals surface area contributed by atoms with Crippen molar-refractivity contribution in [2.45, 2.75) is 39.7 Å². The van der Waals surface area contributed by atoms with Gasteiger partial charge in [-0.3, -0.25) is 0 Å². The molecule has 0 saturated carbocycles. The number of hydrogen-bond donors (Lipinski definition) is 3. The number of hydrogen-bond acceptors (Lipinski definition) is 6. The SMILES string of the molecule is Cc1[nH]c2c(F)cc(F)cc2c1CCNc1nc(Cl)nc(Cl)c1OCCNC(=O)OC(C)(C)C. The van der Waals surface area contributed by atoms with Gasteiger partial charge in [-0.25, -0.2) is 18.6 Å². The fourth-order valence-electron chi connectivity index (χ4n) is 3.30. The third-order valence-electron chi connectivity index (χ3n) is 4.63. The number of amides is 1. The van der Waals surface area contributed by atoms with E-state index in [2.05, 4.69) is 25.6 Å². The molecule has 2 heterocycles. The maximum Gasteiger partial charge on any atom is 0.407 e. The van der Waals surface area contributed by atoms with Gasteiger partial charge >= 0.3 is 6.09 Å². The molecule has 3 aromatic rings. The monoisotopic (exact) mass is 515 g/mol. The first-order valence-corrected chi connectivity index (χ1v) is 11.2. The molecule has 0 aliphatic rings. The Bertz CT molecular complexity index is 1200. The lowest BCUT2D eigenvalue weighted by molar-refractivity contribution is 0.0520. The number of ether oxygens (including phenoxy) is 2. The lowest BCUT2D eigenvalue weighted by Gasteiger charge is -2.19. The highest BCUT2D eigenvalue weighted by Gasteiger charge is 2.18. The predicted octanol–water partition coefficient (Wildman–Crippen LogP) is 5.41. The van der Waals surface area contributed by atoms with Crippen molar-refractivity contribution >= 4 is 46.0 Å². The Morgan fingerprint density at radius 2 is 1.91 bits per heavy atom. The van der Waals surface area contributed by atoms with Gasteiger partial charge in [0.1, 0.15) is 23.8 Å². The number of alkyl carbamates (subject to hydrolysis) is 1. The van der Waals surface area contributed by atoms with Crippen LogP contribution in [0.15, 0.2) is 12.1 Å². The Hall–Kier alpha value is -2.85. The van der Waals surface area contributed by atoms with E-state index in [-0.39, 0.29) is 40.7 Å². The van der Waals surface area contributed by atoms with Crippen molar-refractivity contribution in [2.24, 2.45) is 0 Å². The van der Waals surface area contributed by atoms with Gasteiger partial charge in [0.25, 0.3) is 0 Å². The summed E-state index contributed by atoms with van der Waals surface area (Å²) in [7, 11) is 0. The van der Waals surface area contributed by atoms with Crippen molar-refractivity contribution in [1.82, 2.24) is 20.3 Å². The van der Waals surface area contributed by atoms with Gasteiger partial charge in [-0.1, -0.05) is 11.6 Å². The zero-order valence-corrected chi connectivity index (χ0v) is 20.6. The summed E-state index contributed by atoms with van der Waals surface area (Å²) < 4.78 is 38.6. The number of carbonyl (C=O) groups excluding carboxylic acids is 1. The summed E-state index contributed by atoms with van der Waals surface area (Å²) in [5.74, 6) is -0.896. The second-order valence-corrected chi connectivity index (χ2v) is 9.15. The number of nitrogens with one attached hydrogen (secondary N) is 3. The minimum Gasteiger partial charge on any atom is -0.485 e. The summed E-state index contributed by atoms with van der Waals surface area (Å²) in [4.78, 5) is 22.7. The quantitative estimate of drug-likeness (QED) is 0.210. The number of aromatic nitrogens is 3. The molecule has 0 spiro atoms. The lowest BCUT2D eigenvalue weighted by atomic mass is 10.1. The highest BCUT2D eigenvalue weighted by molar-refractivity contribution is 6.33. The first-order valence-electron chi connectivity index (χ1n) is 10.5. The van der Waals surface area contributed by atoms with Gasteiger partial charge in [0, 0.05) is 23.7 Å². The first-order chi connectivity index (χ1) is 15.9. The zero-order valence-electron chi connectivity index (χ0n) is 19.1. The topological polar surface area (TPSA) is 101 Å². The molecular formula is C22H25Cl2F2N5O3. The van der Waals surface area contributed by atoms with Crippen LogP contribution < -0.4 is 15.4 Å². The molecular weight excluding hydrogens is 491 g/mol. The minimum atomic E-state index is -0.651. The number of anilines is 1. The third kappa shape index (κ3) is 6.60. The Morgan fingerprint density at radius 1 is 1.18 bits per heavy atom. The number of halogens is 4. The van der Waals surface area contributed by atoms with Crippen LogP contribution in [0.3, 0.4) is 0 Å². The largest absolute Gasteiger partial charge is 0.485 e. The molecule has 1 aromatic carbocycles. The van der Waals surface area contributed by atoms with Crippen LogP contribution in [0.25, 0.3) is 10.9 Å². The number of nitrogens with zero attached hydrogens (tertiary/aromatic N) is 2. The molecule has 0 atom stereocenters. The lowest BCUT2D eigenvalue weighted by Crippen LogP contribution is -2.34. The van der Waals surface area contributed by atoms with Crippen LogP contribution in [0.2, 0.25) is 10.4 Å². The molecule has 0 unspecified atom stereocenters. The number of rotatable bonds is 8. The van der Waals surface area contributed by atoms with Crippen molar-refractivity contribution in [3.05, 3.63) is 45.5 Å². The van der Waals surface area contributed by atoms with Crippen LogP contribution in [-0.4, -0.2) is 46.3 Å². The summed E-state index contributed by atoms with van der Waals surface area (Å²) in [5, 5.41) is 6.03. The summed E-state index contributed by atoms with van der Waals surface area (Å²) in [6.45, 7) is 7.63. The third-order valence-corrected chi connectivity index (χ3v) is 5.05. The predicted molar refractivity (Wildman–Crippen MR) is 127 cm³/mol. The Balaban J connectivity index is 1.65. The number of fused-ring (bicyclic) bond motifs is 1. The molecule has 3 rings (SSSR count). The van der Waals surface area contributed by atoms with Gasteiger partial charge in [-0.15, -0.1) is 0 Å². The van der Waals surface area contributed by atoms with Crippen molar-refractivity contribution < 1.29 is 23.0 Å². The molecule has 8 nitrogen and oxygen atoms in total. The standard InChI is InChI=1S/C22H25Cl2F2N5O3/c1-11-13(14-9-12(25)10-15(26)16(14)29-11)5-6-27-19-17(18(23)30-20(24)31-19)33-8-7-28-21(32)34-22(2,3)4/h9-10,29H,5-8H2,1-4H3,(H,28,32)(H,27,30,31). The number of benzene rings is 1. The second kappa shape index (κ2) is 10.6. The first kappa shape index (κ1) is 25.8. The number of carbonyl (C=O) groups is 1. The van der Waals surface area contributed by atoms with Gasteiger partial charge in [0.15, 0.2) is 16.7 Å². The smallest absolute Gasteiger partial charge is 0.407 e. The van der Waals surface area contributed by atoms with Crippen LogP contribution in [-0.2, 0) is 11.2 Å². The van der Waals surface area contributed by atoms with E-state index >= 15 is 0 Å². The maximum absolute atomic E-state index is 14.1. The summed E-state index contributed by atoms with van der Waals surface area (Å²) >= 11 is 12.1. The van der Waals surface area contributed by atoms with E-state index in [4.69, 9.17) is 32.7 Å². The van der Waals surface area contributed by atoms with Crippen LogP contribution in [0.5, 0.6) is 5.75 Å². The second-order valence-electron chi connectivity index (χ2n) is 8.45. The summed E-state index contributed by atoms with van der Waals surface area (Å²) in [5.41, 5.74) is 1.13. The molecule has 2 aromatic heterocycles. The van der Waals surface area contributed by atoms with E-state index in [9.17, 15) is 13.6 Å². The highest BCUT2D eigenvalue weighted by Crippen LogP contribution is 2.32. The molecule has 0 bridgehead atoms. The Labute approximate surface area is 205 Å². The maximum atomic E-state index is 14.1. The van der Waals surface area contributed by atoms with E-state index in [0.717, 1.165) is 17.3 Å². The van der Waals surface area contributed by atoms with Gasteiger partial charge in [-0.2, -0.15) is 4.98 Å². The fourth-order valence-corrected chi connectivity index (χ4v) is 3.73. The van der Waals surface area contributed by atoms with Crippen molar-refractivity contribution in [2.75, 3.05) is 25.0 Å². The van der Waals surface area contributed by atoms with Crippen molar-refractivity contribution in [1.29, 1.82) is 0 Å². The van der Waals surface area contributed by atoms with E-state index in [1.54, 1.807) is 27.7 Å². The Morgan fingerprint density at radius 3 is 2.62 bits per heavy atom. The van der Waals surface area contributed by atoms with E-state index < -0.39 is 23.3 Å². The normalized spacial score (nSPS) is 11.5. The van der Waals surface area contributed by atoms with Gasteiger partial charge in [-0.05, 0) is 57.3 Å². The van der Waals surface area contributed by atoms with Crippen LogP contribution in [0.1, 0.15) is 32.0 Å². The molecule has 0 aliphatic carbocycles. The summed E-state index contributed by atoms with van der Waals surface area (Å²) in [6, 6.07) is 2.13. The van der Waals surface area contributed by atoms with Crippen molar-refractivity contribution in [3.63, 3.8) is 0 Å². The average molecular weight is 516 g/mol. The minimum absolute atomic E-state index is 0.00724. The molecule has 184 valence electrons. The molecule has 0 aliphatic heterocycles.